The highest BCUT2D eigenvalue weighted by Crippen LogP contribution is 2.31. The second kappa shape index (κ2) is 7.67. The summed E-state index contributed by atoms with van der Waals surface area (Å²) in [6.45, 7) is 2.01. The van der Waals surface area contributed by atoms with Crippen LogP contribution in [0.5, 0.6) is 0 Å². The Balaban J connectivity index is 1.53. The number of pyridine rings is 1. The van der Waals surface area contributed by atoms with Crippen molar-refractivity contribution in [3.8, 4) is 0 Å². The molecule has 0 saturated carbocycles. The van der Waals surface area contributed by atoms with E-state index in [0.717, 1.165) is 30.3 Å². The first kappa shape index (κ1) is 16.1. The van der Waals surface area contributed by atoms with Crippen LogP contribution in [0.1, 0.15) is 36.6 Å². The minimum Gasteiger partial charge on any atom is -0.300 e. The molecule has 1 aliphatic heterocycles. The minimum absolute atomic E-state index is 0.321. The SMILES string of the molecule is c1cc(CN2CCCC[C@@H]2c2ccnc(Nc3nccs3)n2)ccn1. The first-order valence-electron chi connectivity index (χ1n) is 8.51. The van der Waals surface area contributed by atoms with Gasteiger partial charge in [-0.15, -0.1) is 11.3 Å². The lowest BCUT2D eigenvalue weighted by molar-refractivity contribution is 0.137. The van der Waals surface area contributed by atoms with Gasteiger partial charge in [0.1, 0.15) is 0 Å². The van der Waals surface area contributed by atoms with Crippen LogP contribution in [0.25, 0.3) is 0 Å². The number of piperidine rings is 1. The molecule has 1 saturated heterocycles. The van der Waals surface area contributed by atoms with E-state index >= 15 is 0 Å². The Morgan fingerprint density at radius 1 is 1.08 bits per heavy atom. The standard InChI is InChI=1S/C18H20N6S/c1-2-11-24(13-14-4-7-19-8-5-14)16(3-1)15-6-9-20-17(22-15)23-18-21-10-12-25-18/h4-10,12,16H,1-3,11,13H2,(H,20,21,22,23)/t16-/m1/s1. The summed E-state index contributed by atoms with van der Waals surface area (Å²) in [5, 5.41) is 5.93. The number of hydrogen-bond acceptors (Lipinski definition) is 7. The van der Waals surface area contributed by atoms with E-state index in [0.29, 0.717) is 12.0 Å². The van der Waals surface area contributed by atoms with Crippen molar-refractivity contribution in [3.05, 3.63) is 59.6 Å². The van der Waals surface area contributed by atoms with Gasteiger partial charge >= 0.3 is 0 Å². The fraction of sp³-hybridized carbons (Fsp3) is 0.333. The van der Waals surface area contributed by atoms with Crippen LogP contribution in [0.15, 0.2) is 48.4 Å². The van der Waals surface area contributed by atoms with Crippen molar-refractivity contribution in [1.29, 1.82) is 0 Å². The van der Waals surface area contributed by atoms with Crippen molar-refractivity contribution in [2.75, 3.05) is 11.9 Å². The van der Waals surface area contributed by atoms with E-state index < -0.39 is 0 Å². The molecule has 128 valence electrons. The molecule has 3 aromatic rings. The van der Waals surface area contributed by atoms with Gasteiger partial charge in [-0.2, -0.15) is 0 Å². The fourth-order valence-corrected chi connectivity index (χ4v) is 3.76. The molecule has 0 radical (unpaired) electrons. The van der Waals surface area contributed by atoms with Gasteiger partial charge in [-0.3, -0.25) is 9.88 Å². The van der Waals surface area contributed by atoms with Crippen LogP contribution < -0.4 is 5.32 Å². The number of thiazole rings is 1. The van der Waals surface area contributed by atoms with Gasteiger partial charge in [0.15, 0.2) is 5.13 Å². The van der Waals surface area contributed by atoms with Gasteiger partial charge in [-0.25, -0.2) is 15.0 Å². The number of hydrogen-bond donors (Lipinski definition) is 1. The summed E-state index contributed by atoms with van der Waals surface area (Å²) < 4.78 is 0. The van der Waals surface area contributed by atoms with Crippen molar-refractivity contribution in [2.45, 2.75) is 31.8 Å². The van der Waals surface area contributed by atoms with Crippen LogP contribution in [0, 0.1) is 0 Å². The molecule has 0 aliphatic carbocycles. The summed E-state index contributed by atoms with van der Waals surface area (Å²) >= 11 is 1.54. The molecule has 1 fully saturated rings. The Kier molecular flexibility index (Phi) is 4.94. The molecule has 4 rings (SSSR count). The van der Waals surface area contributed by atoms with E-state index in [1.165, 1.54) is 18.4 Å². The minimum atomic E-state index is 0.321. The van der Waals surface area contributed by atoms with Gasteiger partial charge in [-0.1, -0.05) is 6.42 Å². The topological polar surface area (TPSA) is 66.8 Å². The highest BCUT2D eigenvalue weighted by Gasteiger charge is 2.25. The second-order valence-electron chi connectivity index (χ2n) is 6.10. The summed E-state index contributed by atoms with van der Waals surface area (Å²) in [6, 6.07) is 6.52. The van der Waals surface area contributed by atoms with Crippen LogP contribution >= 0.6 is 11.3 Å². The van der Waals surface area contributed by atoms with Crippen molar-refractivity contribution >= 4 is 22.4 Å². The fourth-order valence-electron chi connectivity index (χ4n) is 3.24. The van der Waals surface area contributed by atoms with Gasteiger partial charge < -0.3 is 5.32 Å². The summed E-state index contributed by atoms with van der Waals surface area (Å²) in [6.07, 6.45) is 10.9. The summed E-state index contributed by atoms with van der Waals surface area (Å²) in [7, 11) is 0. The molecule has 0 bridgehead atoms. The molecule has 0 aromatic carbocycles. The third-order valence-electron chi connectivity index (χ3n) is 4.42. The Hall–Kier alpha value is -2.38. The average Bonchev–Trinajstić information content (AvgIpc) is 3.16. The molecular weight excluding hydrogens is 332 g/mol. The Morgan fingerprint density at radius 2 is 2.00 bits per heavy atom. The largest absolute Gasteiger partial charge is 0.300 e. The van der Waals surface area contributed by atoms with Crippen molar-refractivity contribution in [1.82, 2.24) is 24.8 Å². The van der Waals surface area contributed by atoms with Gasteiger partial charge in [0.2, 0.25) is 5.95 Å². The highest BCUT2D eigenvalue weighted by atomic mass is 32.1. The number of nitrogens with one attached hydrogen (secondary N) is 1. The lowest BCUT2D eigenvalue weighted by Crippen LogP contribution is -2.33. The van der Waals surface area contributed by atoms with E-state index in [1.807, 2.05) is 30.0 Å². The zero-order chi connectivity index (χ0) is 16.9. The Labute approximate surface area is 151 Å². The zero-order valence-corrected chi connectivity index (χ0v) is 14.7. The van der Waals surface area contributed by atoms with Gasteiger partial charge in [0.25, 0.3) is 0 Å². The predicted octanol–water partition coefficient (Wildman–Crippen LogP) is 3.80. The quantitative estimate of drug-likeness (QED) is 0.753. The maximum Gasteiger partial charge on any atom is 0.229 e. The van der Waals surface area contributed by atoms with Crippen LogP contribution in [-0.2, 0) is 6.54 Å². The Bertz CT molecular complexity index is 792. The van der Waals surface area contributed by atoms with E-state index in [1.54, 1.807) is 17.5 Å². The first-order chi connectivity index (χ1) is 12.4. The molecule has 7 heteroatoms. The molecule has 1 atom stereocenters. The molecular formula is C18H20N6S. The smallest absolute Gasteiger partial charge is 0.229 e. The third-order valence-corrected chi connectivity index (χ3v) is 5.11. The average molecular weight is 352 g/mol. The first-order valence-corrected chi connectivity index (χ1v) is 9.39. The molecule has 6 nitrogen and oxygen atoms in total. The molecule has 1 N–H and O–H groups in total. The molecule has 3 aromatic heterocycles. The number of anilines is 2. The van der Waals surface area contributed by atoms with E-state index in [9.17, 15) is 0 Å². The van der Waals surface area contributed by atoms with Crippen LogP contribution in [-0.4, -0.2) is 31.4 Å². The second-order valence-corrected chi connectivity index (χ2v) is 7.00. The van der Waals surface area contributed by atoms with Crippen LogP contribution in [0.2, 0.25) is 0 Å². The van der Waals surface area contributed by atoms with Crippen molar-refractivity contribution in [2.24, 2.45) is 0 Å². The van der Waals surface area contributed by atoms with E-state index in [4.69, 9.17) is 4.98 Å². The number of rotatable bonds is 5. The summed E-state index contributed by atoms with van der Waals surface area (Å²) in [4.78, 5) is 19.9. The molecule has 1 aliphatic rings. The Morgan fingerprint density at radius 3 is 2.84 bits per heavy atom. The number of nitrogens with zero attached hydrogens (tertiary/aromatic N) is 5. The zero-order valence-electron chi connectivity index (χ0n) is 13.9. The van der Waals surface area contributed by atoms with Crippen LogP contribution in [0.3, 0.4) is 0 Å². The monoisotopic (exact) mass is 352 g/mol. The van der Waals surface area contributed by atoms with Gasteiger partial charge in [0.05, 0.1) is 11.7 Å². The molecule has 0 unspecified atom stereocenters. The lowest BCUT2D eigenvalue weighted by atomic mass is 9.98. The predicted molar refractivity (Wildman–Crippen MR) is 98.7 cm³/mol. The van der Waals surface area contributed by atoms with Crippen molar-refractivity contribution < 1.29 is 0 Å². The molecule has 25 heavy (non-hydrogen) atoms. The van der Waals surface area contributed by atoms with E-state index in [-0.39, 0.29) is 0 Å². The summed E-state index contributed by atoms with van der Waals surface area (Å²) in [5.74, 6) is 0.613. The van der Waals surface area contributed by atoms with Crippen LogP contribution in [0.4, 0.5) is 11.1 Å². The van der Waals surface area contributed by atoms with E-state index in [2.05, 4.69) is 37.3 Å². The lowest BCUT2D eigenvalue weighted by Gasteiger charge is -2.35. The number of aromatic nitrogens is 4. The normalized spacial score (nSPS) is 18.2. The summed E-state index contributed by atoms with van der Waals surface area (Å²) in [5.41, 5.74) is 2.36. The van der Waals surface area contributed by atoms with Crippen molar-refractivity contribution in [3.63, 3.8) is 0 Å². The molecule has 0 amide bonds. The third kappa shape index (κ3) is 4.00. The molecule has 4 heterocycles. The molecule has 0 spiro atoms. The maximum atomic E-state index is 4.75. The number of likely N-dealkylation sites (tertiary alicyclic amines) is 1. The highest BCUT2D eigenvalue weighted by molar-refractivity contribution is 7.13. The maximum absolute atomic E-state index is 4.75. The van der Waals surface area contributed by atoms with Gasteiger partial charge in [0, 0.05) is 36.7 Å². The van der Waals surface area contributed by atoms with Gasteiger partial charge in [-0.05, 0) is 43.1 Å².